The van der Waals surface area contributed by atoms with Crippen LogP contribution in [0.3, 0.4) is 0 Å². The SMILES string of the molecule is [2H]C([2H])([2H])Oc1c(Br)ccc(F)c1F. The van der Waals surface area contributed by atoms with Crippen LogP contribution in [0.15, 0.2) is 16.6 Å². The van der Waals surface area contributed by atoms with Gasteiger partial charge in [-0.05, 0) is 28.1 Å². The molecular weight excluding hydrogens is 218 g/mol. The quantitative estimate of drug-likeness (QED) is 0.669. The van der Waals surface area contributed by atoms with Crippen LogP contribution in [0, 0.1) is 11.6 Å². The summed E-state index contributed by atoms with van der Waals surface area (Å²) >= 11 is 2.85. The number of rotatable bonds is 1. The van der Waals surface area contributed by atoms with Gasteiger partial charge >= 0.3 is 0 Å². The van der Waals surface area contributed by atoms with Gasteiger partial charge in [-0.15, -0.1) is 0 Å². The minimum atomic E-state index is -2.81. The molecule has 60 valence electrons. The van der Waals surface area contributed by atoms with Crippen molar-refractivity contribution in [2.24, 2.45) is 0 Å². The first-order valence-corrected chi connectivity index (χ1v) is 3.43. The number of methoxy groups -OCH3 is 1. The average molecular weight is 226 g/mol. The summed E-state index contributed by atoms with van der Waals surface area (Å²) in [5.41, 5.74) is 0. The molecule has 1 aromatic rings. The number of ether oxygens (including phenoxy) is 1. The Morgan fingerprint density at radius 3 is 2.91 bits per heavy atom. The fraction of sp³-hybridized carbons (Fsp3) is 0.143. The molecule has 0 amide bonds. The number of halogens is 3. The molecule has 0 saturated carbocycles. The molecular formula is C7H5BrF2O. The predicted molar refractivity (Wildman–Crippen MR) is 40.6 cm³/mol. The third-order valence-electron chi connectivity index (χ3n) is 1.10. The molecule has 0 aliphatic rings. The monoisotopic (exact) mass is 225 g/mol. The van der Waals surface area contributed by atoms with Crippen molar-refractivity contribution in [2.45, 2.75) is 0 Å². The lowest BCUT2D eigenvalue weighted by Gasteiger charge is -2.03. The van der Waals surface area contributed by atoms with Crippen molar-refractivity contribution < 1.29 is 17.6 Å². The second-order valence-corrected chi connectivity index (χ2v) is 2.63. The van der Waals surface area contributed by atoms with Crippen molar-refractivity contribution in [3.63, 3.8) is 0 Å². The molecule has 11 heavy (non-hydrogen) atoms. The third kappa shape index (κ3) is 1.50. The molecule has 0 heterocycles. The molecule has 1 aromatic carbocycles. The van der Waals surface area contributed by atoms with Crippen molar-refractivity contribution in [2.75, 3.05) is 7.04 Å². The van der Waals surface area contributed by atoms with Gasteiger partial charge in [-0.25, -0.2) is 4.39 Å². The van der Waals surface area contributed by atoms with E-state index in [4.69, 9.17) is 4.11 Å². The Bertz CT molecular complexity index is 354. The minimum absolute atomic E-state index is 0.0486. The van der Waals surface area contributed by atoms with Gasteiger partial charge in [-0.3, -0.25) is 0 Å². The molecule has 0 unspecified atom stereocenters. The molecule has 0 bridgehead atoms. The lowest BCUT2D eigenvalue weighted by atomic mass is 10.3. The Balaban J connectivity index is 3.13. The molecule has 0 fully saturated rings. The highest BCUT2D eigenvalue weighted by molar-refractivity contribution is 9.10. The van der Waals surface area contributed by atoms with Crippen LogP contribution in [0.4, 0.5) is 8.78 Å². The lowest BCUT2D eigenvalue weighted by molar-refractivity contribution is 0.369. The highest BCUT2D eigenvalue weighted by Crippen LogP contribution is 2.28. The zero-order valence-corrected chi connectivity index (χ0v) is 6.78. The summed E-state index contributed by atoms with van der Waals surface area (Å²) in [7, 11) is -2.81. The van der Waals surface area contributed by atoms with E-state index in [0.29, 0.717) is 0 Å². The van der Waals surface area contributed by atoms with Gasteiger partial charge < -0.3 is 4.74 Å². The van der Waals surface area contributed by atoms with Crippen LogP contribution in [0.5, 0.6) is 5.75 Å². The Hall–Kier alpha value is -0.640. The van der Waals surface area contributed by atoms with Crippen molar-refractivity contribution in [3.8, 4) is 5.75 Å². The molecule has 4 heteroatoms. The van der Waals surface area contributed by atoms with E-state index in [1.54, 1.807) is 0 Å². The third-order valence-corrected chi connectivity index (χ3v) is 1.73. The summed E-state index contributed by atoms with van der Waals surface area (Å²) in [5, 5.41) is 0. The summed E-state index contributed by atoms with van der Waals surface area (Å²) in [4.78, 5) is 0. The van der Waals surface area contributed by atoms with Crippen LogP contribution in [-0.4, -0.2) is 7.04 Å². The van der Waals surface area contributed by atoms with Crippen LogP contribution in [-0.2, 0) is 0 Å². The zero-order valence-electron chi connectivity index (χ0n) is 8.20. The van der Waals surface area contributed by atoms with Crippen LogP contribution in [0.1, 0.15) is 4.11 Å². The Kier molecular flexibility index (Phi) is 1.47. The van der Waals surface area contributed by atoms with Crippen LogP contribution < -0.4 is 4.74 Å². The predicted octanol–water partition coefficient (Wildman–Crippen LogP) is 2.74. The summed E-state index contributed by atoms with van der Waals surface area (Å²) < 4.78 is 50.2. The number of benzene rings is 1. The number of hydrogen-bond donors (Lipinski definition) is 0. The molecule has 0 spiro atoms. The van der Waals surface area contributed by atoms with E-state index in [9.17, 15) is 8.78 Å². The lowest BCUT2D eigenvalue weighted by Crippen LogP contribution is -1.92. The van der Waals surface area contributed by atoms with E-state index < -0.39 is 24.4 Å². The maximum absolute atomic E-state index is 13.0. The van der Waals surface area contributed by atoms with Gasteiger partial charge in [-0.1, -0.05) is 0 Å². The molecule has 0 N–H and O–H groups in total. The molecule has 0 aliphatic heterocycles. The number of hydrogen-bond acceptors (Lipinski definition) is 1. The summed E-state index contributed by atoms with van der Waals surface area (Å²) in [6.45, 7) is 0. The topological polar surface area (TPSA) is 9.23 Å². The second-order valence-electron chi connectivity index (χ2n) is 1.77. The summed E-state index contributed by atoms with van der Waals surface area (Å²) in [6, 6.07) is 2.03. The van der Waals surface area contributed by atoms with Gasteiger partial charge in [0.1, 0.15) is 0 Å². The van der Waals surface area contributed by atoms with Crippen molar-refractivity contribution in [1.82, 2.24) is 0 Å². The summed E-state index contributed by atoms with van der Waals surface area (Å²) in [6.07, 6.45) is 0. The maximum Gasteiger partial charge on any atom is 0.201 e. The molecule has 0 aromatic heterocycles. The standard InChI is InChI=1S/C7H5BrF2O/c1-11-7-4(8)2-3-5(9)6(7)10/h2-3H,1H3/i1D3. The van der Waals surface area contributed by atoms with E-state index in [0.717, 1.165) is 6.07 Å². The second kappa shape index (κ2) is 3.17. The zero-order chi connectivity index (χ0) is 10.9. The van der Waals surface area contributed by atoms with E-state index in [1.165, 1.54) is 6.07 Å². The van der Waals surface area contributed by atoms with Crippen molar-refractivity contribution in [3.05, 3.63) is 28.2 Å². The van der Waals surface area contributed by atoms with Gasteiger partial charge in [0, 0.05) is 0 Å². The van der Waals surface area contributed by atoms with E-state index >= 15 is 0 Å². The van der Waals surface area contributed by atoms with Gasteiger partial charge in [0.2, 0.25) is 5.82 Å². The Morgan fingerprint density at radius 1 is 1.55 bits per heavy atom. The van der Waals surface area contributed by atoms with E-state index in [-0.39, 0.29) is 4.47 Å². The molecule has 1 rings (SSSR count). The smallest absolute Gasteiger partial charge is 0.201 e. The largest absolute Gasteiger partial charge is 0.492 e. The maximum atomic E-state index is 13.0. The molecule has 0 atom stereocenters. The van der Waals surface area contributed by atoms with Crippen molar-refractivity contribution in [1.29, 1.82) is 0 Å². The normalized spacial score (nSPS) is 15.0. The Morgan fingerprint density at radius 2 is 2.27 bits per heavy atom. The average Bonchev–Trinajstić information content (AvgIpc) is 2.04. The summed E-state index contributed by atoms with van der Waals surface area (Å²) in [5.74, 6) is -3.13. The van der Waals surface area contributed by atoms with Gasteiger partial charge in [0.05, 0.1) is 15.6 Å². The highest BCUT2D eigenvalue weighted by atomic mass is 79.9. The van der Waals surface area contributed by atoms with Gasteiger partial charge in [0.25, 0.3) is 0 Å². The van der Waals surface area contributed by atoms with Crippen molar-refractivity contribution >= 4 is 15.9 Å². The molecule has 0 radical (unpaired) electrons. The highest BCUT2D eigenvalue weighted by Gasteiger charge is 2.11. The van der Waals surface area contributed by atoms with Crippen LogP contribution in [0.25, 0.3) is 0 Å². The van der Waals surface area contributed by atoms with Gasteiger partial charge in [-0.2, -0.15) is 4.39 Å². The van der Waals surface area contributed by atoms with Crippen LogP contribution in [0.2, 0.25) is 0 Å². The minimum Gasteiger partial charge on any atom is -0.492 e. The van der Waals surface area contributed by atoms with Gasteiger partial charge in [0.15, 0.2) is 11.6 Å². The Labute approximate surface area is 75.3 Å². The molecule has 0 saturated heterocycles. The molecule has 1 nitrogen and oxygen atoms in total. The van der Waals surface area contributed by atoms with Crippen LogP contribution >= 0.6 is 15.9 Å². The first kappa shape index (κ1) is 5.09. The van der Waals surface area contributed by atoms with E-state index in [1.807, 2.05) is 0 Å². The first-order valence-electron chi connectivity index (χ1n) is 4.14. The first-order chi connectivity index (χ1) is 6.31. The fourth-order valence-electron chi connectivity index (χ4n) is 0.602. The van der Waals surface area contributed by atoms with E-state index in [2.05, 4.69) is 20.7 Å². The molecule has 0 aliphatic carbocycles. The fourth-order valence-corrected chi connectivity index (χ4v) is 0.989.